The monoisotopic (exact) mass is 173 g/mol. The zero-order chi connectivity index (χ0) is 9.19. The number of hydrogen-bond donors (Lipinski definition) is 1. The molecule has 0 bridgehead atoms. The Kier molecular flexibility index (Phi) is 2.47. The molecule has 0 aromatic heterocycles. The number of hydrogen-bond acceptors (Lipinski definition) is 3. The van der Waals surface area contributed by atoms with Crippen molar-refractivity contribution in [3.8, 4) is 0 Å². The summed E-state index contributed by atoms with van der Waals surface area (Å²) in [6.45, 7) is 2.29. The van der Waals surface area contributed by atoms with Crippen molar-refractivity contribution in [2.45, 2.75) is 6.92 Å². The van der Waals surface area contributed by atoms with Crippen LogP contribution in [0.4, 0.5) is 4.39 Å². The van der Waals surface area contributed by atoms with Crippen LogP contribution in [0, 0.1) is 5.41 Å². The Hall–Kier alpha value is -0.900. The molecule has 0 aliphatic carbocycles. The molecular formula is C8H12FNO2. The summed E-state index contributed by atoms with van der Waals surface area (Å²) in [5.74, 6) is -0.948. The zero-order valence-corrected chi connectivity index (χ0v) is 7.19. The van der Waals surface area contributed by atoms with Gasteiger partial charge in [0.15, 0.2) is 0 Å². The Morgan fingerprint density at radius 2 is 2.50 bits per heavy atom. The van der Waals surface area contributed by atoms with E-state index in [9.17, 15) is 9.18 Å². The summed E-state index contributed by atoms with van der Waals surface area (Å²) in [5.41, 5.74) is -1.13. The van der Waals surface area contributed by atoms with Crippen LogP contribution in [0.1, 0.15) is 6.92 Å². The van der Waals surface area contributed by atoms with Gasteiger partial charge < -0.3 is 10.1 Å². The first-order chi connectivity index (χ1) is 5.61. The van der Waals surface area contributed by atoms with E-state index in [-0.39, 0.29) is 0 Å². The highest BCUT2D eigenvalue weighted by atomic mass is 19.1. The second kappa shape index (κ2) is 3.23. The molecule has 12 heavy (non-hydrogen) atoms. The average Bonchev–Trinajstić information content (AvgIpc) is 2.09. The fraction of sp³-hybridized carbons (Fsp3) is 0.625. The maximum Gasteiger partial charge on any atom is 0.319 e. The number of nitrogens with one attached hydrogen (secondary N) is 1. The largest absolute Gasteiger partial charge is 0.468 e. The van der Waals surface area contributed by atoms with E-state index in [1.54, 1.807) is 0 Å². The first-order valence-electron chi connectivity index (χ1n) is 3.76. The van der Waals surface area contributed by atoms with Gasteiger partial charge in [0, 0.05) is 13.1 Å². The molecule has 0 aromatic carbocycles. The third kappa shape index (κ3) is 1.34. The van der Waals surface area contributed by atoms with Gasteiger partial charge in [0.05, 0.1) is 7.11 Å². The lowest BCUT2D eigenvalue weighted by molar-refractivity contribution is -0.150. The van der Waals surface area contributed by atoms with Crippen molar-refractivity contribution in [3.63, 3.8) is 0 Å². The van der Waals surface area contributed by atoms with Gasteiger partial charge in [-0.05, 0) is 13.0 Å². The predicted octanol–water partition coefficient (Wildman–Crippen LogP) is 0.622. The molecular weight excluding hydrogens is 161 g/mol. The average molecular weight is 173 g/mol. The molecule has 0 spiro atoms. The Morgan fingerprint density at radius 3 is 3.00 bits per heavy atom. The molecule has 0 unspecified atom stereocenters. The van der Waals surface area contributed by atoms with Crippen LogP contribution in [-0.2, 0) is 9.53 Å². The summed E-state index contributed by atoms with van der Waals surface area (Å²) in [6.07, 6.45) is 1.36. The van der Waals surface area contributed by atoms with Crippen LogP contribution in [0.25, 0.3) is 0 Å². The number of carbonyl (C=O) groups excluding carboxylic acids is 1. The van der Waals surface area contributed by atoms with Gasteiger partial charge in [0.1, 0.15) is 11.2 Å². The molecule has 0 amide bonds. The van der Waals surface area contributed by atoms with E-state index >= 15 is 0 Å². The summed E-state index contributed by atoms with van der Waals surface area (Å²) in [7, 11) is 1.26. The minimum absolute atomic E-state index is 0.294. The van der Waals surface area contributed by atoms with Crippen LogP contribution in [0.5, 0.6) is 0 Å². The van der Waals surface area contributed by atoms with Crippen molar-refractivity contribution in [1.82, 2.24) is 5.32 Å². The smallest absolute Gasteiger partial charge is 0.319 e. The van der Waals surface area contributed by atoms with Gasteiger partial charge in [0.25, 0.3) is 0 Å². The van der Waals surface area contributed by atoms with Crippen LogP contribution < -0.4 is 5.32 Å². The highest BCUT2D eigenvalue weighted by Gasteiger charge is 2.40. The number of rotatable bonds is 1. The van der Waals surface area contributed by atoms with Crippen LogP contribution >= 0.6 is 0 Å². The van der Waals surface area contributed by atoms with Crippen LogP contribution in [0.15, 0.2) is 11.9 Å². The normalized spacial score (nSPS) is 29.4. The molecule has 0 saturated carbocycles. The summed E-state index contributed by atoms with van der Waals surface area (Å²) in [6, 6.07) is 0. The van der Waals surface area contributed by atoms with E-state index in [2.05, 4.69) is 10.1 Å². The molecule has 0 radical (unpaired) electrons. The fourth-order valence-corrected chi connectivity index (χ4v) is 1.19. The summed E-state index contributed by atoms with van der Waals surface area (Å²) in [5, 5.41) is 2.90. The van der Waals surface area contributed by atoms with Crippen molar-refractivity contribution in [2.24, 2.45) is 5.41 Å². The molecule has 3 nitrogen and oxygen atoms in total. The lowest BCUT2D eigenvalue weighted by atomic mass is 9.87. The number of halogens is 1. The van der Waals surface area contributed by atoms with E-state index in [1.807, 2.05) is 0 Å². The molecule has 0 saturated heterocycles. The zero-order valence-electron chi connectivity index (χ0n) is 7.19. The molecule has 1 aliphatic rings. The Balaban J connectivity index is 2.88. The van der Waals surface area contributed by atoms with E-state index in [1.165, 1.54) is 20.1 Å². The molecule has 68 valence electrons. The third-order valence-corrected chi connectivity index (χ3v) is 2.07. The Morgan fingerprint density at radius 1 is 1.83 bits per heavy atom. The van der Waals surface area contributed by atoms with E-state index < -0.39 is 17.2 Å². The minimum atomic E-state index is -1.13. The summed E-state index contributed by atoms with van der Waals surface area (Å²) >= 11 is 0. The molecule has 1 N–H and O–H groups in total. The van der Waals surface area contributed by atoms with Crippen molar-refractivity contribution >= 4 is 5.97 Å². The second-order valence-electron chi connectivity index (χ2n) is 3.01. The minimum Gasteiger partial charge on any atom is -0.468 e. The fourth-order valence-electron chi connectivity index (χ4n) is 1.19. The highest BCUT2D eigenvalue weighted by Crippen LogP contribution is 2.30. The van der Waals surface area contributed by atoms with Crippen molar-refractivity contribution in [1.29, 1.82) is 0 Å². The molecule has 1 aliphatic heterocycles. The quantitative estimate of drug-likeness (QED) is 0.591. The number of carbonyl (C=O) groups is 1. The number of esters is 1. The van der Waals surface area contributed by atoms with Gasteiger partial charge >= 0.3 is 5.97 Å². The molecule has 0 fully saturated rings. The van der Waals surface area contributed by atoms with Crippen molar-refractivity contribution in [3.05, 3.63) is 11.9 Å². The van der Waals surface area contributed by atoms with E-state index in [0.717, 1.165) is 0 Å². The van der Waals surface area contributed by atoms with Gasteiger partial charge in [-0.3, -0.25) is 4.79 Å². The molecule has 1 heterocycles. The highest BCUT2D eigenvalue weighted by molar-refractivity contribution is 5.80. The van der Waals surface area contributed by atoms with Gasteiger partial charge in [-0.1, -0.05) is 0 Å². The van der Waals surface area contributed by atoms with Gasteiger partial charge in [-0.15, -0.1) is 0 Å². The van der Waals surface area contributed by atoms with Crippen molar-refractivity contribution in [2.75, 3.05) is 20.2 Å². The lowest BCUT2D eigenvalue weighted by Crippen LogP contribution is -2.43. The number of methoxy groups -OCH3 is 1. The van der Waals surface area contributed by atoms with Crippen LogP contribution in [0.2, 0.25) is 0 Å². The molecule has 1 rings (SSSR count). The predicted molar refractivity (Wildman–Crippen MR) is 42.2 cm³/mol. The Labute approximate surface area is 70.6 Å². The maximum atomic E-state index is 13.2. The molecule has 4 heteroatoms. The topological polar surface area (TPSA) is 38.3 Å². The first-order valence-corrected chi connectivity index (χ1v) is 3.76. The first kappa shape index (κ1) is 9.19. The van der Waals surface area contributed by atoms with Gasteiger partial charge in [0.2, 0.25) is 0 Å². The molecule has 1 atom stereocenters. The van der Waals surface area contributed by atoms with E-state index in [4.69, 9.17) is 0 Å². The van der Waals surface area contributed by atoms with Gasteiger partial charge in [-0.25, -0.2) is 4.39 Å². The van der Waals surface area contributed by atoms with Crippen LogP contribution in [0.3, 0.4) is 0 Å². The summed E-state index contributed by atoms with van der Waals surface area (Å²) < 4.78 is 17.7. The SMILES string of the molecule is COC(=O)[C@]1(C)CNCC=C1F. The summed E-state index contributed by atoms with van der Waals surface area (Å²) in [4.78, 5) is 11.2. The standard InChI is InChI=1S/C8H12FNO2/c1-8(7(11)12-2)5-10-4-3-6(8)9/h3,10H,4-5H2,1-2H3/t8-/m1/s1. The number of ether oxygens (including phenoxy) is 1. The Bertz CT molecular complexity index is 227. The van der Waals surface area contributed by atoms with Gasteiger partial charge in [-0.2, -0.15) is 0 Å². The molecule has 0 aromatic rings. The lowest BCUT2D eigenvalue weighted by Gasteiger charge is -2.28. The van der Waals surface area contributed by atoms with E-state index in [0.29, 0.717) is 13.1 Å². The van der Waals surface area contributed by atoms with Crippen molar-refractivity contribution < 1.29 is 13.9 Å². The second-order valence-corrected chi connectivity index (χ2v) is 3.01. The maximum absolute atomic E-state index is 13.2. The third-order valence-electron chi connectivity index (χ3n) is 2.07. The van der Waals surface area contributed by atoms with Crippen LogP contribution in [-0.4, -0.2) is 26.2 Å².